The van der Waals surface area contributed by atoms with Gasteiger partial charge in [0.25, 0.3) is 5.91 Å². The number of halogens is 3. The van der Waals surface area contributed by atoms with Crippen LogP contribution in [0.4, 0.5) is 18.9 Å². The van der Waals surface area contributed by atoms with Crippen molar-refractivity contribution in [1.82, 2.24) is 14.9 Å². The Balaban J connectivity index is 1.56. The minimum absolute atomic E-state index is 0.179. The highest BCUT2D eigenvalue weighted by atomic mass is 32.2. The van der Waals surface area contributed by atoms with Crippen LogP contribution in [0, 0.1) is 0 Å². The van der Waals surface area contributed by atoms with E-state index in [0.717, 1.165) is 67.7 Å². The summed E-state index contributed by atoms with van der Waals surface area (Å²) in [7, 11) is 0. The predicted molar refractivity (Wildman–Crippen MR) is 110 cm³/mol. The molecule has 0 bridgehead atoms. The van der Waals surface area contributed by atoms with Gasteiger partial charge in [-0.3, -0.25) is 9.69 Å². The molecule has 164 valence electrons. The van der Waals surface area contributed by atoms with Gasteiger partial charge in [-0.2, -0.15) is 13.2 Å². The molecule has 4 rings (SSSR count). The number of nitrogens with zero attached hydrogens (tertiary/aromatic N) is 3. The van der Waals surface area contributed by atoms with Crippen LogP contribution < -0.4 is 11.1 Å². The fraction of sp³-hybridized carbons (Fsp3) is 0.350. The number of hydrogen-bond donors (Lipinski definition) is 2. The number of nitrogens with two attached hydrogens (primary N) is 1. The van der Waals surface area contributed by atoms with Gasteiger partial charge >= 0.3 is 6.18 Å². The minimum Gasteiger partial charge on any atom is -0.379 e. The summed E-state index contributed by atoms with van der Waals surface area (Å²) in [6.45, 7) is 4.21. The average molecular weight is 451 g/mol. The van der Waals surface area contributed by atoms with Crippen LogP contribution in [0.5, 0.6) is 0 Å². The van der Waals surface area contributed by atoms with E-state index in [2.05, 4.69) is 20.2 Å². The largest absolute Gasteiger partial charge is 0.433 e. The van der Waals surface area contributed by atoms with Crippen molar-refractivity contribution in [3.05, 3.63) is 52.6 Å². The van der Waals surface area contributed by atoms with E-state index in [9.17, 15) is 18.0 Å². The normalized spacial score (nSPS) is 18.4. The standard InChI is InChI=1S/C20H20F3N5O2S/c21-20(22,23)15-3-5-25-18(27-15)16(17(24)29)19-26-13-2-1-12(11-14(13)31-19)4-6-28-7-9-30-10-8-28/h1-3,5,11,26H,4,6-10H2,(H2,24,29)/b19-16-. The Labute approximate surface area is 180 Å². The molecule has 1 aromatic heterocycles. The number of carbonyl (C=O) groups excluding carboxylic acids is 1. The summed E-state index contributed by atoms with van der Waals surface area (Å²) in [5, 5.41) is 3.37. The fourth-order valence-corrected chi connectivity index (χ4v) is 4.47. The van der Waals surface area contributed by atoms with Crippen molar-refractivity contribution in [2.75, 3.05) is 38.2 Å². The van der Waals surface area contributed by atoms with Crippen molar-refractivity contribution < 1.29 is 22.7 Å². The van der Waals surface area contributed by atoms with E-state index >= 15 is 0 Å². The predicted octanol–water partition coefficient (Wildman–Crippen LogP) is 2.74. The van der Waals surface area contributed by atoms with Gasteiger partial charge < -0.3 is 15.8 Å². The van der Waals surface area contributed by atoms with E-state index < -0.39 is 17.8 Å². The van der Waals surface area contributed by atoms with Crippen molar-refractivity contribution in [3.8, 4) is 0 Å². The maximum Gasteiger partial charge on any atom is 0.433 e. The van der Waals surface area contributed by atoms with Gasteiger partial charge in [0.05, 0.1) is 23.9 Å². The first-order valence-corrected chi connectivity index (χ1v) is 10.5. The molecule has 0 aliphatic carbocycles. The molecule has 3 N–H and O–H groups in total. The van der Waals surface area contributed by atoms with Crippen LogP contribution in [0.3, 0.4) is 0 Å². The molecule has 0 unspecified atom stereocenters. The molecule has 0 radical (unpaired) electrons. The number of ether oxygens (including phenoxy) is 1. The van der Waals surface area contributed by atoms with Gasteiger partial charge in [0.1, 0.15) is 11.3 Å². The van der Waals surface area contributed by atoms with E-state index in [-0.39, 0.29) is 11.4 Å². The van der Waals surface area contributed by atoms with Crippen molar-refractivity contribution in [3.63, 3.8) is 0 Å². The highest BCUT2D eigenvalue weighted by Gasteiger charge is 2.34. The molecule has 11 heteroatoms. The van der Waals surface area contributed by atoms with E-state index in [1.54, 1.807) is 0 Å². The first-order chi connectivity index (χ1) is 14.8. The lowest BCUT2D eigenvalue weighted by Crippen LogP contribution is -2.37. The van der Waals surface area contributed by atoms with Crippen LogP contribution in [0.25, 0.3) is 5.57 Å². The number of carbonyl (C=O) groups is 1. The third-order valence-corrected chi connectivity index (χ3v) is 6.04. The molecule has 1 saturated heterocycles. The number of thioether (sulfide) groups is 1. The lowest BCUT2D eigenvalue weighted by molar-refractivity contribution is -0.141. The first-order valence-electron chi connectivity index (χ1n) is 9.64. The summed E-state index contributed by atoms with van der Waals surface area (Å²) in [4.78, 5) is 22.6. The van der Waals surface area contributed by atoms with E-state index in [1.165, 1.54) is 11.8 Å². The maximum absolute atomic E-state index is 13.0. The monoisotopic (exact) mass is 451 g/mol. The van der Waals surface area contributed by atoms with Crippen molar-refractivity contribution in [2.24, 2.45) is 5.73 Å². The molecule has 0 spiro atoms. The van der Waals surface area contributed by atoms with Crippen LogP contribution in [-0.4, -0.2) is 53.6 Å². The van der Waals surface area contributed by atoms with E-state index in [1.807, 2.05) is 18.2 Å². The second-order valence-corrected chi connectivity index (χ2v) is 8.15. The lowest BCUT2D eigenvalue weighted by Gasteiger charge is -2.26. The van der Waals surface area contributed by atoms with E-state index in [0.29, 0.717) is 5.03 Å². The number of fused-ring (bicyclic) bond motifs is 1. The Kier molecular flexibility index (Phi) is 6.17. The van der Waals surface area contributed by atoms with Gasteiger partial charge in [-0.15, -0.1) is 0 Å². The highest BCUT2D eigenvalue weighted by molar-refractivity contribution is 8.04. The number of nitrogens with one attached hydrogen (secondary N) is 1. The van der Waals surface area contributed by atoms with Crippen LogP contribution in [0.2, 0.25) is 0 Å². The number of amides is 1. The van der Waals surface area contributed by atoms with Gasteiger partial charge in [-0.1, -0.05) is 17.8 Å². The van der Waals surface area contributed by atoms with Gasteiger partial charge in [0.2, 0.25) is 0 Å². The molecule has 7 nitrogen and oxygen atoms in total. The number of hydrogen-bond acceptors (Lipinski definition) is 7. The topological polar surface area (TPSA) is 93.4 Å². The quantitative estimate of drug-likeness (QED) is 0.676. The summed E-state index contributed by atoms with van der Waals surface area (Å²) in [6, 6.07) is 6.62. The Hall–Kier alpha value is -2.63. The summed E-state index contributed by atoms with van der Waals surface area (Å²) >= 11 is 1.23. The average Bonchev–Trinajstić information content (AvgIpc) is 3.15. The molecule has 0 saturated carbocycles. The third kappa shape index (κ3) is 5.00. The maximum atomic E-state index is 13.0. The Morgan fingerprint density at radius 1 is 1.26 bits per heavy atom. The number of morpholine rings is 1. The number of aromatic nitrogens is 2. The molecule has 1 amide bonds. The zero-order valence-electron chi connectivity index (χ0n) is 16.4. The summed E-state index contributed by atoms with van der Waals surface area (Å²) in [5.41, 5.74) is 6.03. The molecule has 0 atom stereocenters. The number of anilines is 1. The zero-order chi connectivity index (χ0) is 22.0. The summed E-state index contributed by atoms with van der Waals surface area (Å²) < 4.78 is 44.4. The first kappa shape index (κ1) is 21.6. The number of benzene rings is 1. The lowest BCUT2D eigenvalue weighted by atomic mass is 10.1. The molecular formula is C20H20F3N5O2S. The van der Waals surface area contributed by atoms with Crippen LogP contribution >= 0.6 is 11.8 Å². The minimum atomic E-state index is -4.65. The van der Waals surface area contributed by atoms with Crippen LogP contribution in [0.1, 0.15) is 17.1 Å². The Morgan fingerprint density at radius 2 is 2.03 bits per heavy atom. The molecule has 2 aromatic rings. The molecule has 2 aliphatic rings. The smallest absolute Gasteiger partial charge is 0.379 e. The summed E-state index contributed by atoms with van der Waals surface area (Å²) in [6.07, 6.45) is -2.84. The summed E-state index contributed by atoms with van der Waals surface area (Å²) in [5.74, 6) is -1.27. The zero-order valence-corrected chi connectivity index (χ0v) is 17.2. The van der Waals surface area contributed by atoms with Crippen LogP contribution in [0.15, 0.2) is 40.4 Å². The van der Waals surface area contributed by atoms with Gasteiger partial charge in [0, 0.05) is 30.7 Å². The molecular weight excluding hydrogens is 431 g/mol. The SMILES string of the molecule is NC(=O)/C(=C1\Nc2ccc(CCN3CCOCC3)cc2S1)c1nccc(C(F)(F)F)n1. The van der Waals surface area contributed by atoms with Crippen LogP contribution in [-0.2, 0) is 22.1 Å². The van der Waals surface area contributed by atoms with Crippen molar-refractivity contribution in [2.45, 2.75) is 17.5 Å². The molecule has 31 heavy (non-hydrogen) atoms. The highest BCUT2D eigenvalue weighted by Crippen LogP contribution is 2.44. The van der Waals surface area contributed by atoms with Gasteiger partial charge in [-0.25, -0.2) is 9.97 Å². The molecule has 1 aromatic carbocycles. The Morgan fingerprint density at radius 3 is 2.74 bits per heavy atom. The Bertz CT molecular complexity index is 1020. The second-order valence-electron chi connectivity index (χ2n) is 7.09. The van der Waals surface area contributed by atoms with Gasteiger partial charge in [-0.05, 0) is 30.2 Å². The molecule has 1 fully saturated rings. The van der Waals surface area contributed by atoms with Gasteiger partial charge in [0.15, 0.2) is 5.82 Å². The fourth-order valence-electron chi connectivity index (χ4n) is 3.35. The van der Waals surface area contributed by atoms with Crippen molar-refractivity contribution in [1.29, 1.82) is 0 Å². The number of rotatable bonds is 5. The number of alkyl halides is 3. The third-order valence-electron chi connectivity index (χ3n) is 4.97. The second kappa shape index (κ2) is 8.85. The van der Waals surface area contributed by atoms with Crippen molar-refractivity contribution >= 4 is 28.9 Å². The van der Waals surface area contributed by atoms with E-state index in [4.69, 9.17) is 10.5 Å². The number of primary amides is 1. The molecule has 2 aliphatic heterocycles. The molecule has 3 heterocycles.